The van der Waals surface area contributed by atoms with Gasteiger partial charge in [0.15, 0.2) is 0 Å². The van der Waals surface area contributed by atoms with E-state index in [-0.39, 0.29) is 11.6 Å². The predicted molar refractivity (Wildman–Crippen MR) is 89.0 cm³/mol. The number of ether oxygens (including phenoxy) is 1. The zero-order chi connectivity index (χ0) is 18.9. The standard InChI is InChI=1S/C17H19N3O6/c1-11(12-5-4-6-13(9-12)20(24)25)26-14(21)10-19-15(22)17(18-16(19)23)7-2-3-8-17/h4-6,9,11H,2-3,7-8,10H2,1H3,(H,18,23)/t11-/m0/s1. The van der Waals surface area contributed by atoms with Crippen LogP contribution in [0.25, 0.3) is 0 Å². The molecule has 0 radical (unpaired) electrons. The normalized spacial score (nSPS) is 19.5. The summed E-state index contributed by atoms with van der Waals surface area (Å²) in [4.78, 5) is 47.9. The molecule has 2 fully saturated rings. The number of nitrogens with one attached hydrogen (secondary N) is 1. The maximum Gasteiger partial charge on any atom is 0.326 e. The van der Waals surface area contributed by atoms with Gasteiger partial charge in [-0.25, -0.2) is 4.79 Å². The molecule has 0 aromatic heterocycles. The number of benzene rings is 1. The lowest BCUT2D eigenvalue weighted by molar-refractivity contribution is -0.385. The van der Waals surface area contributed by atoms with Gasteiger partial charge in [0.1, 0.15) is 18.2 Å². The van der Waals surface area contributed by atoms with Gasteiger partial charge < -0.3 is 10.1 Å². The van der Waals surface area contributed by atoms with Crippen LogP contribution in [0.15, 0.2) is 24.3 Å². The van der Waals surface area contributed by atoms with E-state index in [9.17, 15) is 24.5 Å². The summed E-state index contributed by atoms with van der Waals surface area (Å²) in [6.45, 7) is 1.09. The Morgan fingerprint density at radius 1 is 1.38 bits per heavy atom. The van der Waals surface area contributed by atoms with Crippen LogP contribution in [-0.4, -0.2) is 39.8 Å². The lowest BCUT2D eigenvalue weighted by Gasteiger charge is -2.20. The minimum absolute atomic E-state index is 0.109. The molecular weight excluding hydrogens is 342 g/mol. The third-order valence-corrected chi connectivity index (χ3v) is 4.85. The van der Waals surface area contributed by atoms with Gasteiger partial charge in [-0.05, 0) is 25.3 Å². The average Bonchev–Trinajstić information content (AvgIpc) is 3.16. The minimum atomic E-state index is -0.872. The summed E-state index contributed by atoms with van der Waals surface area (Å²) < 4.78 is 5.25. The van der Waals surface area contributed by atoms with Crippen LogP contribution in [0.2, 0.25) is 0 Å². The van der Waals surface area contributed by atoms with Gasteiger partial charge >= 0.3 is 12.0 Å². The second-order valence-corrected chi connectivity index (χ2v) is 6.59. The van der Waals surface area contributed by atoms with E-state index in [1.54, 1.807) is 13.0 Å². The van der Waals surface area contributed by atoms with Crippen molar-refractivity contribution in [2.75, 3.05) is 6.54 Å². The van der Waals surface area contributed by atoms with Crippen molar-refractivity contribution in [2.45, 2.75) is 44.2 Å². The summed E-state index contributed by atoms with van der Waals surface area (Å²) in [5.74, 6) is -1.14. The van der Waals surface area contributed by atoms with Gasteiger partial charge in [-0.15, -0.1) is 0 Å². The maximum atomic E-state index is 12.5. The fourth-order valence-electron chi connectivity index (χ4n) is 3.46. The van der Waals surface area contributed by atoms with Gasteiger partial charge in [0.25, 0.3) is 11.6 Å². The zero-order valence-electron chi connectivity index (χ0n) is 14.3. The summed E-state index contributed by atoms with van der Waals surface area (Å²) in [5, 5.41) is 13.5. The van der Waals surface area contributed by atoms with Crippen molar-refractivity contribution in [2.24, 2.45) is 0 Å². The topological polar surface area (TPSA) is 119 Å². The molecule has 3 amide bonds. The van der Waals surface area contributed by atoms with Crippen LogP contribution in [0.3, 0.4) is 0 Å². The number of rotatable bonds is 5. The molecule has 26 heavy (non-hydrogen) atoms. The lowest BCUT2D eigenvalue weighted by Crippen LogP contribution is -2.44. The minimum Gasteiger partial charge on any atom is -0.456 e. The van der Waals surface area contributed by atoms with E-state index in [4.69, 9.17) is 4.74 Å². The zero-order valence-corrected chi connectivity index (χ0v) is 14.3. The SMILES string of the molecule is C[C@H](OC(=O)CN1C(=O)NC2(CCCC2)C1=O)c1cccc([N+](=O)[O-])c1. The highest BCUT2D eigenvalue weighted by Gasteiger charge is 2.52. The second kappa shape index (κ2) is 6.74. The summed E-state index contributed by atoms with van der Waals surface area (Å²) >= 11 is 0. The molecule has 1 saturated heterocycles. The first-order valence-electron chi connectivity index (χ1n) is 8.40. The number of hydrogen-bond acceptors (Lipinski definition) is 6. The Labute approximate surface area is 149 Å². The predicted octanol–water partition coefficient (Wildman–Crippen LogP) is 2.06. The molecule has 1 aromatic rings. The Morgan fingerprint density at radius 2 is 2.08 bits per heavy atom. The van der Waals surface area contributed by atoms with Crippen LogP contribution in [0.4, 0.5) is 10.5 Å². The molecule has 1 aliphatic heterocycles. The molecule has 1 saturated carbocycles. The molecule has 9 nitrogen and oxygen atoms in total. The van der Waals surface area contributed by atoms with Gasteiger partial charge in [0.2, 0.25) is 0 Å². The molecule has 0 unspecified atom stereocenters. The van der Waals surface area contributed by atoms with Gasteiger partial charge in [-0.3, -0.25) is 24.6 Å². The van der Waals surface area contributed by atoms with Crippen LogP contribution in [0.1, 0.15) is 44.3 Å². The van der Waals surface area contributed by atoms with Gasteiger partial charge in [0.05, 0.1) is 4.92 Å². The van der Waals surface area contributed by atoms with E-state index < -0.39 is 35.1 Å². The molecule has 1 aromatic carbocycles. The first kappa shape index (κ1) is 17.8. The van der Waals surface area contributed by atoms with Gasteiger partial charge in [-0.1, -0.05) is 25.0 Å². The third-order valence-electron chi connectivity index (χ3n) is 4.85. The summed E-state index contributed by atoms with van der Waals surface area (Å²) in [6, 6.07) is 5.17. The van der Waals surface area contributed by atoms with Crippen LogP contribution in [-0.2, 0) is 14.3 Å². The Morgan fingerprint density at radius 3 is 2.73 bits per heavy atom. The highest BCUT2D eigenvalue weighted by molar-refractivity contribution is 6.08. The summed E-state index contributed by atoms with van der Waals surface area (Å²) in [5.41, 5.74) is -0.525. The number of non-ortho nitro benzene ring substituents is 1. The van der Waals surface area contributed by atoms with Crippen molar-refractivity contribution >= 4 is 23.6 Å². The van der Waals surface area contributed by atoms with Crippen LogP contribution in [0.5, 0.6) is 0 Å². The Hall–Kier alpha value is -2.97. The molecule has 138 valence electrons. The number of carbonyl (C=O) groups excluding carboxylic acids is 3. The summed E-state index contributed by atoms with van der Waals surface area (Å²) in [6.07, 6.45) is 2.12. The van der Waals surface area contributed by atoms with Gasteiger partial charge in [-0.2, -0.15) is 0 Å². The number of hydrogen-bond donors (Lipinski definition) is 1. The Kier molecular flexibility index (Phi) is 4.62. The highest BCUT2D eigenvalue weighted by atomic mass is 16.6. The number of carbonyl (C=O) groups is 3. The maximum absolute atomic E-state index is 12.5. The number of urea groups is 1. The number of nitrogens with zero attached hydrogens (tertiary/aromatic N) is 2. The quantitative estimate of drug-likeness (QED) is 0.371. The van der Waals surface area contributed by atoms with E-state index in [0.29, 0.717) is 18.4 Å². The van der Waals surface area contributed by atoms with Crippen molar-refractivity contribution in [3.8, 4) is 0 Å². The molecule has 0 bridgehead atoms. The number of amides is 3. The van der Waals surface area contributed by atoms with Crippen molar-refractivity contribution < 1.29 is 24.0 Å². The first-order chi connectivity index (χ1) is 12.3. The lowest BCUT2D eigenvalue weighted by atomic mass is 9.98. The van der Waals surface area contributed by atoms with Crippen LogP contribution < -0.4 is 5.32 Å². The van der Waals surface area contributed by atoms with Crippen molar-refractivity contribution in [3.05, 3.63) is 39.9 Å². The van der Waals surface area contributed by atoms with E-state index in [0.717, 1.165) is 17.7 Å². The second-order valence-electron chi connectivity index (χ2n) is 6.59. The molecule has 1 aliphatic carbocycles. The third kappa shape index (κ3) is 3.24. The molecule has 1 N–H and O–H groups in total. The van der Waals surface area contributed by atoms with E-state index in [2.05, 4.69) is 5.32 Å². The van der Waals surface area contributed by atoms with Gasteiger partial charge in [0, 0.05) is 12.1 Å². The molecule has 3 rings (SSSR count). The summed E-state index contributed by atoms with van der Waals surface area (Å²) in [7, 11) is 0. The average molecular weight is 361 g/mol. The highest BCUT2D eigenvalue weighted by Crippen LogP contribution is 2.35. The van der Waals surface area contributed by atoms with Crippen molar-refractivity contribution in [3.63, 3.8) is 0 Å². The molecule has 1 spiro atoms. The number of esters is 1. The van der Waals surface area contributed by atoms with E-state index in [1.165, 1.54) is 18.2 Å². The van der Waals surface area contributed by atoms with Crippen molar-refractivity contribution in [1.29, 1.82) is 0 Å². The fourth-order valence-corrected chi connectivity index (χ4v) is 3.46. The molecule has 9 heteroatoms. The molecule has 1 atom stereocenters. The fraction of sp³-hybridized carbons (Fsp3) is 0.471. The van der Waals surface area contributed by atoms with E-state index >= 15 is 0 Å². The largest absolute Gasteiger partial charge is 0.456 e. The Balaban J connectivity index is 1.63. The van der Waals surface area contributed by atoms with Crippen LogP contribution in [0, 0.1) is 10.1 Å². The number of nitro groups is 1. The molecule has 2 aliphatic rings. The number of nitro benzene ring substituents is 1. The van der Waals surface area contributed by atoms with E-state index in [1.807, 2.05) is 0 Å². The number of imide groups is 1. The van der Waals surface area contributed by atoms with Crippen molar-refractivity contribution in [1.82, 2.24) is 10.2 Å². The van der Waals surface area contributed by atoms with Crippen LogP contribution >= 0.6 is 0 Å². The monoisotopic (exact) mass is 361 g/mol. The molecular formula is C17H19N3O6. The first-order valence-corrected chi connectivity index (χ1v) is 8.40. The molecule has 1 heterocycles. The smallest absolute Gasteiger partial charge is 0.326 e. The Bertz CT molecular complexity index is 772.